The summed E-state index contributed by atoms with van der Waals surface area (Å²) in [5, 5.41) is 0. The Balaban J connectivity index is 1.50. The van der Waals surface area contributed by atoms with E-state index in [1.807, 2.05) is 0 Å². The number of nitrogens with zero attached hydrogens (tertiary/aromatic N) is 1. The molecule has 3 aliphatic carbocycles. The number of hydrogen-bond acceptors (Lipinski definition) is 3. The molecule has 130 valence electrons. The molecule has 4 aliphatic rings. The monoisotopic (exact) mass is 327 g/mol. The fourth-order valence-corrected chi connectivity index (χ4v) is 4.99. The lowest BCUT2D eigenvalue weighted by Crippen LogP contribution is -2.50. The minimum Gasteiger partial charge on any atom is -0.493 e. The quantitative estimate of drug-likeness (QED) is 0.779. The molecule has 2 atom stereocenters. The van der Waals surface area contributed by atoms with E-state index in [1.54, 1.807) is 19.8 Å². The third-order valence-corrected chi connectivity index (χ3v) is 6.79. The average molecular weight is 327 g/mol. The van der Waals surface area contributed by atoms with Crippen LogP contribution in [-0.4, -0.2) is 32.2 Å². The lowest BCUT2D eigenvalue weighted by Gasteiger charge is -2.57. The molecule has 0 radical (unpaired) electrons. The van der Waals surface area contributed by atoms with Gasteiger partial charge in [0, 0.05) is 19.6 Å². The van der Waals surface area contributed by atoms with Gasteiger partial charge in [0.2, 0.25) is 0 Å². The van der Waals surface area contributed by atoms with Crippen molar-refractivity contribution in [3.05, 3.63) is 34.9 Å². The number of allylic oxidation sites excluding steroid dienone is 1. The van der Waals surface area contributed by atoms with Gasteiger partial charge in [-0.25, -0.2) is 0 Å². The highest BCUT2D eigenvalue weighted by Crippen LogP contribution is 2.59. The van der Waals surface area contributed by atoms with E-state index in [1.165, 1.54) is 24.0 Å². The Hall–Kier alpha value is -1.48. The zero-order chi connectivity index (χ0) is 16.9. The van der Waals surface area contributed by atoms with Gasteiger partial charge >= 0.3 is 0 Å². The third kappa shape index (κ3) is 2.45. The summed E-state index contributed by atoms with van der Waals surface area (Å²) in [6, 6.07) is 4.32. The normalized spacial score (nSPS) is 27.8. The van der Waals surface area contributed by atoms with Crippen LogP contribution in [-0.2, 0) is 13.0 Å². The molecule has 0 saturated heterocycles. The zero-order valence-electron chi connectivity index (χ0n) is 15.4. The Morgan fingerprint density at radius 3 is 2.46 bits per heavy atom. The van der Waals surface area contributed by atoms with Crippen molar-refractivity contribution in [2.75, 3.05) is 27.3 Å². The first-order chi connectivity index (χ1) is 11.5. The summed E-state index contributed by atoms with van der Waals surface area (Å²) >= 11 is 0. The standard InChI is InChI=1S/C21H29NO2/c1-21(2)17-6-5-15(18(21)11-17)12-22-8-7-14-9-19(23-3)20(24-4)10-16(14)13-22/h5,9-10,17-18H,6-8,11-13H2,1-4H3/t17-,18-/m1/s1. The van der Waals surface area contributed by atoms with Crippen molar-refractivity contribution in [3.8, 4) is 11.5 Å². The lowest BCUT2D eigenvalue weighted by atomic mass is 9.49. The highest BCUT2D eigenvalue weighted by Gasteiger charge is 2.51. The van der Waals surface area contributed by atoms with Crippen molar-refractivity contribution < 1.29 is 9.47 Å². The maximum absolute atomic E-state index is 5.48. The average Bonchev–Trinajstić information content (AvgIpc) is 2.60. The second kappa shape index (κ2) is 5.80. The maximum atomic E-state index is 5.48. The van der Waals surface area contributed by atoms with Crippen LogP contribution in [0.2, 0.25) is 0 Å². The molecule has 3 heteroatoms. The molecule has 1 saturated carbocycles. The number of rotatable bonds is 4. The van der Waals surface area contributed by atoms with Crippen LogP contribution < -0.4 is 9.47 Å². The Bertz CT molecular complexity index is 677. The molecule has 1 aromatic carbocycles. The van der Waals surface area contributed by atoms with Crippen molar-refractivity contribution in [1.29, 1.82) is 0 Å². The molecule has 24 heavy (non-hydrogen) atoms. The van der Waals surface area contributed by atoms with Crippen molar-refractivity contribution in [3.63, 3.8) is 0 Å². The minimum atomic E-state index is 0.522. The molecule has 0 unspecified atom stereocenters. The molecule has 0 N–H and O–H groups in total. The van der Waals surface area contributed by atoms with Gasteiger partial charge in [0.25, 0.3) is 0 Å². The summed E-state index contributed by atoms with van der Waals surface area (Å²) in [5.41, 5.74) is 5.01. The number of hydrogen-bond donors (Lipinski definition) is 0. The van der Waals surface area contributed by atoms with E-state index >= 15 is 0 Å². The molecule has 3 nitrogen and oxygen atoms in total. The lowest BCUT2D eigenvalue weighted by molar-refractivity contribution is -0.0110. The third-order valence-electron chi connectivity index (χ3n) is 6.79. The SMILES string of the molecule is COc1cc2c(cc1OC)CN(CC1=CC[C@@H]3C[C@H]1C3(C)C)CC2. The van der Waals surface area contributed by atoms with Gasteiger partial charge < -0.3 is 9.47 Å². The Kier molecular flexibility index (Phi) is 3.87. The Morgan fingerprint density at radius 1 is 1.12 bits per heavy atom. The van der Waals surface area contributed by atoms with Crippen molar-refractivity contribution >= 4 is 0 Å². The van der Waals surface area contributed by atoms with Gasteiger partial charge in [0.1, 0.15) is 0 Å². The summed E-state index contributed by atoms with van der Waals surface area (Å²) < 4.78 is 10.9. The topological polar surface area (TPSA) is 21.7 Å². The highest BCUT2D eigenvalue weighted by molar-refractivity contribution is 5.48. The molecule has 0 amide bonds. The van der Waals surface area contributed by atoms with Gasteiger partial charge in [-0.05, 0) is 59.8 Å². The fraction of sp³-hybridized carbons (Fsp3) is 0.619. The van der Waals surface area contributed by atoms with Crippen molar-refractivity contribution in [1.82, 2.24) is 4.90 Å². The molecule has 2 bridgehead atoms. The second-order valence-electron chi connectivity index (χ2n) is 8.26. The zero-order valence-corrected chi connectivity index (χ0v) is 15.4. The first-order valence-corrected chi connectivity index (χ1v) is 9.18. The van der Waals surface area contributed by atoms with Gasteiger partial charge in [-0.2, -0.15) is 0 Å². The van der Waals surface area contributed by atoms with Crippen LogP contribution in [0.4, 0.5) is 0 Å². The predicted molar refractivity (Wildman–Crippen MR) is 96.6 cm³/mol. The first-order valence-electron chi connectivity index (χ1n) is 9.18. The van der Waals surface area contributed by atoms with Crippen LogP contribution in [0.1, 0.15) is 37.8 Å². The van der Waals surface area contributed by atoms with E-state index < -0.39 is 0 Å². The number of benzene rings is 1. The molecular weight excluding hydrogens is 298 g/mol. The first kappa shape index (κ1) is 16.0. The molecule has 0 spiro atoms. The van der Waals surface area contributed by atoms with Crippen molar-refractivity contribution in [2.24, 2.45) is 17.3 Å². The van der Waals surface area contributed by atoms with Crippen LogP contribution in [0.3, 0.4) is 0 Å². The van der Waals surface area contributed by atoms with E-state index in [4.69, 9.17) is 9.47 Å². The fourth-order valence-electron chi connectivity index (χ4n) is 4.99. The summed E-state index contributed by atoms with van der Waals surface area (Å²) in [4.78, 5) is 2.61. The van der Waals surface area contributed by atoms with Gasteiger partial charge in [0.05, 0.1) is 14.2 Å². The van der Waals surface area contributed by atoms with Gasteiger partial charge in [-0.1, -0.05) is 25.5 Å². The molecule has 1 aromatic rings. The smallest absolute Gasteiger partial charge is 0.161 e. The van der Waals surface area contributed by atoms with Crippen LogP contribution in [0, 0.1) is 17.3 Å². The largest absolute Gasteiger partial charge is 0.493 e. The van der Waals surface area contributed by atoms with Gasteiger partial charge in [-0.15, -0.1) is 0 Å². The molecule has 5 rings (SSSR count). The number of fused-ring (bicyclic) bond motifs is 2. The van der Waals surface area contributed by atoms with E-state index in [-0.39, 0.29) is 0 Å². The summed E-state index contributed by atoms with van der Waals surface area (Å²) in [5.74, 6) is 3.42. The van der Waals surface area contributed by atoms with Crippen LogP contribution in [0.25, 0.3) is 0 Å². The predicted octanol–water partition coefficient (Wildman–Crippen LogP) is 4.05. The summed E-state index contributed by atoms with van der Waals surface area (Å²) in [6.45, 7) is 8.21. The van der Waals surface area contributed by atoms with E-state index in [0.29, 0.717) is 5.41 Å². The molecular formula is C21H29NO2. The van der Waals surface area contributed by atoms with E-state index in [2.05, 4.69) is 37.0 Å². The number of ether oxygens (including phenoxy) is 2. The van der Waals surface area contributed by atoms with E-state index in [0.717, 1.165) is 49.4 Å². The van der Waals surface area contributed by atoms with Crippen LogP contribution in [0.5, 0.6) is 11.5 Å². The van der Waals surface area contributed by atoms with Gasteiger partial charge in [-0.3, -0.25) is 4.90 Å². The Morgan fingerprint density at radius 2 is 1.83 bits per heavy atom. The maximum Gasteiger partial charge on any atom is 0.161 e. The summed E-state index contributed by atoms with van der Waals surface area (Å²) in [7, 11) is 3.43. The van der Waals surface area contributed by atoms with Gasteiger partial charge in [0.15, 0.2) is 11.5 Å². The number of methoxy groups -OCH3 is 2. The minimum absolute atomic E-state index is 0.522. The summed E-state index contributed by atoms with van der Waals surface area (Å²) in [6.07, 6.45) is 6.33. The molecule has 1 fully saturated rings. The second-order valence-corrected chi connectivity index (χ2v) is 8.26. The Labute approximate surface area is 145 Å². The van der Waals surface area contributed by atoms with E-state index in [9.17, 15) is 0 Å². The van der Waals surface area contributed by atoms with Crippen LogP contribution >= 0.6 is 0 Å². The van der Waals surface area contributed by atoms with Crippen molar-refractivity contribution in [2.45, 2.75) is 39.7 Å². The molecule has 1 aliphatic heterocycles. The highest BCUT2D eigenvalue weighted by atomic mass is 16.5. The van der Waals surface area contributed by atoms with Crippen LogP contribution in [0.15, 0.2) is 23.8 Å². The molecule has 1 heterocycles. The molecule has 0 aromatic heterocycles.